The van der Waals surface area contributed by atoms with Crippen LogP contribution in [0.15, 0.2) is 24.3 Å². The summed E-state index contributed by atoms with van der Waals surface area (Å²) in [5.41, 5.74) is 2.47. The van der Waals surface area contributed by atoms with Gasteiger partial charge >= 0.3 is 0 Å². The number of fused-ring (bicyclic) bond motifs is 1. The van der Waals surface area contributed by atoms with Gasteiger partial charge in [0.1, 0.15) is 0 Å². The molecule has 1 saturated heterocycles. The second-order valence-corrected chi connectivity index (χ2v) is 9.56. The van der Waals surface area contributed by atoms with E-state index in [0.29, 0.717) is 25.9 Å². The molecule has 4 rings (SSSR count). The van der Waals surface area contributed by atoms with E-state index in [9.17, 15) is 18.0 Å². The number of rotatable bonds is 3. The van der Waals surface area contributed by atoms with Gasteiger partial charge in [0.2, 0.25) is 11.8 Å². The van der Waals surface area contributed by atoms with E-state index in [-0.39, 0.29) is 41.2 Å². The predicted molar refractivity (Wildman–Crippen MR) is 92.4 cm³/mol. The van der Waals surface area contributed by atoms with Crippen LogP contribution in [0.4, 0.5) is 0 Å². The minimum Gasteiger partial charge on any atom is -0.352 e. The van der Waals surface area contributed by atoms with Crippen LogP contribution in [0.25, 0.3) is 0 Å². The van der Waals surface area contributed by atoms with Gasteiger partial charge in [0.05, 0.1) is 23.3 Å². The number of hydrogen-bond acceptors (Lipinski definition) is 4. The summed E-state index contributed by atoms with van der Waals surface area (Å²) >= 11 is 0. The molecule has 3 unspecified atom stereocenters. The van der Waals surface area contributed by atoms with E-state index < -0.39 is 9.84 Å². The van der Waals surface area contributed by atoms with E-state index in [4.69, 9.17) is 0 Å². The van der Waals surface area contributed by atoms with Crippen molar-refractivity contribution in [3.63, 3.8) is 0 Å². The summed E-state index contributed by atoms with van der Waals surface area (Å²) < 4.78 is 23.0. The first-order valence-electron chi connectivity index (χ1n) is 8.79. The zero-order chi connectivity index (χ0) is 17.6. The van der Waals surface area contributed by atoms with Crippen molar-refractivity contribution >= 4 is 21.7 Å². The molecule has 6 nitrogen and oxygen atoms in total. The highest BCUT2D eigenvalue weighted by molar-refractivity contribution is 7.91. The van der Waals surface area contributed by atoms with Crippen LogP contribution >= 0.6 is 0 Å². The highest BCUT2D eigenvalue weighted by Crippen LogP contribution is 2.41. The minimum atomic E-state index is -3.01. The molecule has 3 atom stereocenters. The zero-order valence-corrected chi connectivity index (χ0v) is 14.8. The number of nitrogens with zero attached hydrogens (tertiary/aromatic N) is 1. The molecular weight excluding hydrogens is 340 g/mol. The van der Waals surface area contributed by atoms with Gasteiger partial charge in [-0.1, -0.05) is 24.3 Å². The molecule has 0 radical (unpaired) electrons. The molecule has 1 N–H and O–H groups in total. The Bertz CT molecular complexity index is 820. The van der Waals surface area contributed by atoms with Crippen LogP contribution in [0.2, 0.25) is 0 Å². The van der Waals surface area contributed by atoms with Gasteiger partial charge in [0.15, 0.2) is 9.84 Å². The largest absolute Gasteiger partial charge is 0.352 e. The zero-order valence-electron chi connectivity index (χ0n) is 14.0. The molecular formula is C18H22N2O4S. The molecule has 0 spiro atoms. The Hall–Kier alpha value is -1.89. The Morgan fingerprint density at radius 3 is 2.60 bits per heavy atom. The molecule has 2 heterocycles. The summed E-state index contributed by atoms with van der Waals surface area (Å²) in [6.45, 7) is 1.31. The molecule has 2 fully saturated rings. The molecule has 1 saturated carbocycles. The van der Waals surface area contributed by atoms with Crippen LogP contribution < -0.4 is 5.32 Å². The average molecular weight is 362 g/mol. The SMILES string of the molecule is O=C(NC1CCS(=O)(=O)C1)C1CC1C(=O)N1CCc2ccccc2C1. The van der Waals surface area contributed by atoms with Gasteiger partial charge in [0.25, 0.3) is 0 Å². The number of hydrogen-bond donors (Lipinski definition) is 1. The molecule has 3 aliphatic rings. The molecule has 134 valence electrons. The van der Waals surface area contributed by atoms with Gasteiger partial charge in [-0.05, 0) is 30.4 Å². The fourth-order valence-electron chi connectivity index (χ4n) is 3.89. The monoisotopic (exact) mass is 362 g/mol. The lowest BCUT2D eigenvalue weighted by atomic mass is 9.99. The molecule has 0 bridgehead atoms. The van der Waals surface area contributed by atoms with Gasteiger partial charge in [-0.25, -0.2) is 8.42 Å². The lowest BCUT2D eigenvalue weighted by molar-refractivity contribution is -0.135. The summed E-state index contributed by atoms with van der Waals surface area (Å²) in [4.78, 5) is 26.8. The maximum absolute atomic E-state index is 12.7. The van der Waals surface area contributed by atoms with Crippen LogP contribution in [0.5, 0.6) is 0 Å². The normalized spacial score (nSPS) is 29.8. The molecule has 2 amide bonds. The van der Waals surface area contributed by atoms with Gasteiger partial charge in [-0.2, -0.15) is 0 Å². The van der Waals surface area contributed by atoms with E-state index in [0.717, 1.165) is 6.42 Å². The Kier molecular flexibility index (Phi) is 4.06. The fraction of sp³-hybridized carbons (Fsp3) is 0.556. The third kappa shape index (κ3) is 3.42. The van der Waals surface area contributed by atoms with Crippen LogP contribution in [-0.2, 0) is 32.4 Å². The molecule has 2 aliphatic heterocycles. The Morgan fingerprint density at radius 1 is 1.12 bits per heavy atom. The average Bonchev–Trinajstić information content (AvgIpc) is 3.32. The first kappa shape index (κ1) is 16.6. The van der Waals surface area contributed by atoms with Crippen molar-refractivity contribution in [3.8, 4) is 0 Å². The Labute approximate surface area is 147 Å². The second-order valence-electron chi connectivity index (χ2n) is 7.34. The van der Waals surface area contributed by atoms with Crippen molar-refractivity contribution in [2.75, 3.05) is 18.1 Å². The standard InChI is InChI=1S/C18H22N2O4S/c21-17(19-14-6-8-25(23,24)11-14)15-9-16(15)18(22)20-7-5-12-3-1-2-4-13(12)10-20/h1-4,14-16H,5-11H2,(H,19,21). The van der Waals surface area contributed by atoms with Crippen molar-refractivity contribution in [2.24, 2.45) is 11.8 Å². The fourth-order valence-corrected chi connectivity index (χ4v) is 5.57. The summed E-state index contributed by atoms with van der Waals surface area (Å²) in [6, 6.07) is 7.85. The third-order valence-electron chi connectivity index (χ3n) is 5.47. The molecule has 0 aromatic heterocycles. The molecule has 1 aromatic rings. The van der Waals surface area contributed by atoms with Gasteiger partial charge in [0, 0.05) is 19.1 Å². The number of benzene rings is 1. The second kappa shape index (κ2) is 6.12. The van der Waals surface area contributed by atoms with Crippen molar-refractivity contribution in [1.82, 2.24) is 10.2 Å². The third-order valence-corrected chi connectivity index (χ3v) is 7.23. The van der Waals surface area contributed by atoms with E-state index in [2.05, 4.69) is 11.4 Å². The number of nitrogens with one attached hydrogen (secondary N) is 1. The maximum Gasteiger partial charge on any atom is 0.226 e. The first-order chi connectivity index (χ1) is 11.9. The quantitative estimate of drug-likeness (QED) is 0.849. The van der Waals surface area contributed by atoms with Gasteiger partial charge < -0.3 is 10.2 Å². The maximum atomic E-state index is 12.7. The lowest BCUT2D eigenvalue weighted by Gasteiger charge is -2.29. The summed E-state index contributed by atoms with van der Waals surface area (Å²) in [7, 11) is -3.01. The first-order valence-corrected chi connectivity index (χ1v) is 10.6. The number of carbonyl (C=O) groups excluding carboxylic acids is 2. The summed E-state index contributed by atoms with van der Waals surface area (Å²) in [5, 5.41) is 2.81. The van der Waals surface area contributed by atoms with Crippen LogP contribution in [0, 0.1) is 11.8 Å². The minimum absolute atomic E-state index is 0.0208. The summed E-state index contributed by atoms with van der Waals surface area (Å²) in [6.07, 6.45) is 1.90. The number of amides is 2. The van der Waals surface area contributed by atoms with E-state index >= 15 is 0 Å². The lowest BCUT2D eigenvalue weighted by Crippen LogP contribution is -2.40. The van der Waals surface area contributed by atoms with Crippen LogP contribution in [-0.4, -0.2) is 49.2 Å². The molecule has 1 aliphatic carbocycles. The van der Waals surface area contributed by atoms with Gasteiger partial charge in [-0.15, -0.1) is 0 Å². The highest BCUT2D eigenvalue weighted by Gasteiger charge is 2.50. The Balaban J connectivity index is 1.32. The Morgan fingerprint density at radius 2 is 1.88 bits per heavy atom. The van der Waals surface area contributed by atoms with E-state index in [1.54, 1.807) is 0 Å². The topological polar surface area (TPSA) is 83.5 Å². The molecule has 7 heteroatoms. The van der Waals surface area contributed by atoms with Crippen molar-refractivity contribution in [1.29, 1.82) is 0 Å². The number of sulfone groups is 1. The van der Waals surface area contributed by atoms with Crippen LogP contribution in [0.3, 0.4) is 0 Å². The predicted octanol–water partition coefficient (Wildman–Crippen LogP) is 0.511. The molecule has 1 aromatic carbocycles. The summed E-state index contributed by atoms with van der Waals surface area (Å²) in [5.74, 6) is -0.506. The highest BCUT2D eigenvalue weighted by atomic mass is 32.2. The van der Waals surface area contributed by atoms with E-state index in [1.807, 2.05) is 23.1 Å². The smallest absolute Gasteiger partial charge is 0.226 e. The van der Waals surface area contributed by atoms with Gasteiger partial charge in [-0.3, -0.25) is 9.59 Å². The van der Waals surface area contributed by atoms with Crippen LogP contribution in [0.1, 0.15) is 24.0 Å². The molecule has 25 heavy (non-hydrogen) atoms. The number of carbonyl (C=O) groups is 2. The van der Waals surface area contributed by atoms with Crippen molar-refractivity contribution in [2.45, 2.75) is 31.8 Å². The van der Waals surface area contributed by atoms with Crippen molar-refractivity contribution < 1.29 is 18.0 Å². The van der Waals surface area contributed by atoms with Crippen molar-refractivity contribution in [3.05, 3.63) is 35.4 Å². The van der Waals surface area contributed by atoms with E-state index in [1.165, 1.54) is 11.1 Å².